The van der Waals surface area contributed by atoms with E-state index in [2.05, 4.69) is 58.5 Å². The van der Waals surface area contributed by atoms with Gasteiger partial charge in [0.15, 0.2) is 17.0 Å². The highest BCUT2D eigenvalue weighted by Crippen LogP contribution is 2.33. The molecule has 7 rings (SSSR count). The fourth-order valence-electron chi connectivity index (χ4n) is 5.21. The molecule has 1 aliphatic heterocycles. The molecule has 3 heterocycles. The first-order valence-electron chi connectivity index (χ1n) is 13.4. The maximum Gasteiger partial charge on any atom is 0.326 e. The third-order valence-corrected chi connectivity index (χ3v) is 7.24. The van der Waals surface area contributed by atoms with E-state index in [0.29, 0.717) is 22.7 Å². The summed E-state index contributed by atoms with van der Waals surface area (Å²) in [6, 6.07) is 22.8. The molecule has 0 radical (unpaired) electrons. The maximum absolute atomic E-state index is 6.33. The van der Waals surface area contributed by atoms with E-state index in [4.69, 9.17) is 24.4 Å². The molecule has 8 nitrogen and oxygen atoms in total. The van der Waals surface area contributed by atoms with Crippen molar-refractivity contribution in [1.82, 2.24) is 19.5 Å². The van der Waals surface area contributed by atoms with Crippen molar-refractivity contribution < 1.29 is 9.47 Å². The lowest BCUT2D eigenvalue weighted by molar-refractivity contribution is 0.122. The average Bonchev–Trinajstić information content (AvgIpc) is 3.43. The lowest BCUT2D eigenvalue weighted by Gasteiger charge is -2.28. The van der Waals surface area contributed by atoms with E-state index in [1.165, 1.54) is 5.69 Å². The molecular weight excluding hydrogens is 488 g/mol. The van der Waals surface area contributed by atoms with E-state index in [1.54, 1.807) is 0 Å². The number of imidazole rings is 1. The van der Waals surface area contributed by atoms with Gasteiger partial charge in [-0.3, -0.25) is 0 Å². The minimum atomic E-state index is 0.0321. The molecule has 0 saturated carbocycles. The molecule has 39 heavy (non-hydrogen) atoms. The molecule has 2 aliphatic rings. The number of hydrogen-bond donors (Lipinski definition) is 1. The van der Waals surface area contributed by atoms with Gasteiger partial charge in [0.25, 0.3) is 0 Å². The zero-order valence-corrected chi connectivity index (χ0v) is 21.5. The summed E-state index contributed by atoms with van der Waals surface area (Å²) in [6.45, 7) is 3.31. The Labute approximate surface area is 226 Å². The summed E-state index contributed by atoms with van der Waals surface area (Å²) in [6.07, 6.45) is 4.77. The van der Waals surface area contributed by atoms with Gasteiger partial charge in [-0.2, -0.15) is 9.97 Å². The van der Waals surface area contributed by atoms with Crippen LogP contribution in [0.2, 0.25) is 0 Å². The molecule has 2 aromatic heterocycles. The summed E-state index contributed by atoms with van der Waals surface area (Å²) >= 11 is 0. The Morgan fingerprint density at radius 3 is 2.64 bits per heavy atom. The first-order valence-corrected chi connectivity index (χ1v) is 13.4. The lowest BCUT2D eigenvalue weighted by atomic mass is 10.1. The molecule has 194 valence electrons. The van der Waals surface area contributed by atoms with E-state index in [9.17, 15) is 0 Å². The number of aromatic nitrogens is 4. The van der Waals surface area contributed by atoms with Crippen molar-refractivity contribution in [3.05, 3.63) is 73.1 Å². The Morgan fingerprint density at radius 1 is 0.949 bits per heavy atom. The van der Waals surface area contributed by atoms with Crippen LogP contribution >= 0.6 is 0 Å². The van der Waals surface area contributed by atoms with Gasteiger partial charge in [-0.15, -0.1) is 5.92 Å². The number of nitrogens with one attached hydrogen (secondary N) is 1. The molecule has 0 amide bonds. The van der Waals surface area contributed by atoms with Crippen molar-refractivity contribution in [2.75, 3.05) is 36.5 Å². The minimum Gasteiger partial charge on any atom is -0.424 e. The molecule has 1 fully saturated rings. The van der Waals surface area contributed by atoms with Crippen LogP contribution in [0, 0.1) is 11.8 Å². The second-order valence-corrected chi connectivity index (χ2v) is 9.76. The van der Waals surface area contributed by atoms with Crippen molar-refractivity contribution in [1.29, 1.82) is 0 Å². The van der Waals surface area contributed by atoms with E-state index in [0.717, 1.165) is 62.0 Å². The summed E-state index contributed by atoms with van der Waals surface area (Å²) in [7, 11) is 0. The molecule has 1 N–H and O–H groups in total. The molecule has 1 saturated heterocycles. The monoisotopic (exact) mass is 516 g/mol. The van der Waals surface area contributed by atoms with Crippen LogP contribution in [0.4, 0.5) is 17.2 Å². The quantitative estimate of drug-likeness (QED) is 0.274. The van der Waals surface area contributed by atoms with Gasteiger partial charge in [-0.25, -0.2) is 4.98 Å². The largest absolute Gasteiger partial charge is 0.424 e. The maximum atomic E-state index is 6.33. The van der Waals surface area contributed by atoms with Crippen LogP contribution in [0.1, 0.15) is 25.3 Å². The topological polar surface area (TPSA) is 77.3 Å². The Hall–Kier alpha value is -4.61. The van der Waals surface area contributed by atoms with Gasteiger partial charge < -0.3 is 24.3 Å². The highest BCUT2D eigenvalue weighted by atomic mass is 16.5. The molecule has 8 heteroatoms. The van der Waals surface area contributed by atoms with E-state index < -0.39 is 0 Å². The molecule has 0 spiro atoms. The standard InChI is InChI=1S/C31H28N6O2/c1-2-9-25(10-3-1)37-21-32-28-29(33-23-13-15-24(16-14-23)36-17-19-38-20-18-36)34-31(35-30(28)37)39-27-12-6-8-22-7-4-5-11-26(22)27/h4-8,11-16,21,25H,1-2,9,17-20H2,(H,33,34,35). The number of anilines is 3. The van der Waals surface area contributed by atoms with Gasteiger partial charge >= 0.3 is 6.01 Å². The molecule has 1 atom stereocenters. The highest BCUT2D eigenvalue weighted by Gasteiger charge is 2.20. The van der Waals surface area contributed by atoms with Crippen molar-refractivity contribution >= 4 is 39.1 Å². The predicted octanol–water partition coefficient (Wildman–Crippen LogP) is 6.08. The van der Waals surface area contributed by atoms with Crippen LogP contribution in [0.5, 0.6) is 11.8 Å². The Balaban J connectivity index is 1.27. The number of benzene rings is 3. The van der Waals surface area contributed by atoms with Gasteiger partial charge in [0.1, 0.15) is 5.75 Å². The molecule has 1 unspecified atom stereocenters. The first kappa shape index (κ1) is 23.5. The van der Waals surface area contributed by atoms with Crippen LogP contribution in [0.15, 0.2) is 73.1 Å². The summed E-state index contributed by atoms with van der Waals surface area (Å²) in [5, 5.41) is 5.57. The predicted molar refractivity (Wildman–Crippen MR) is 153 cm³/mol. The minimum absolute atomic E-state index is 0.0321. The van der Waals surface area contributed by atoms with Crippen LogP contribution in [0.3, 0.4) is 0 Å². The molecule has 1 aliphatic carbocycles. The summed E-state index contributed by atoms with van der Waals surface area (Å²) in [4.78, 5) is 16.7. The normalized spacial score (nSPS) is 17.1. The smallest absolute Gasteiger partial charge is 0.326 e. The van der Waals surface area contributed by atoms with Gasteiger partial charge in [0, 0.05) is 36.3 Å². The Kier molecular flexibility index (Phi) is 6.19. The van der Waals surface area contributed by atoms with E-state index in [-0.39, 0.29) is 12.1 Å². The summed E-state index contributed by atoms with van der Waals surface area (Å²) in [5.74, 6) is 7.90. The summed E-state index contributed by atoms with van der Waals surface area (Å²) in [5.41, 5.74) is 3.48. The van der Waals surface area contributed by atoms with Crippen LogP contribution in [-0.4, -0.2) is 45.8 Å². The lowest BCUT2D eigenvalue weighted by Crippen LogP contribution is -2.36. The molecule has 5 aromatic rings. The SMILES string of the molecule is C1#CC(n2cnc3c(Nc4ccc(N5CCOCC5)cc4)nc(Oc4cccc5ccccc45)nc32)CCC1. The highest BCUT2D eigenvalue weighted by molar-refractivity contribution is 5.89. The van der Waals surface area contributed by atoms with Crippen molar-refractivity contribution in [2.45, 2.75) is 25.3 Å². The second-order valence-electron chi connectivity index (χ2n) is 9.76. The van der Waals surface area contributed by atoms with Crippen LogP contribution in [-0.2, 0) is 4.74 Å². The zero-order valence-electron chi connectivity index (χ0n) is 21.5. The van der Waals surface area contributed by atoms with E-state index in [1.807, 2.05) is 41.2 Å². The summed E-state index contributed by atoms with van der Waals surface area (Å²) < 4.78 is 13.9. The Morgan fingerprint density at radius 2 is 1.79 bits per heavy atom. The number of fused-ring (bicyclic) bond motifs is 2. The Bertz CT molecular complexity index is 1690. The van der Waals surface area contributed by atoms with E-state index >= 15 is 0 Å². The third-order valence-electron chi connectivity index (χ3n) is 7.24. The third kappa shape index (κ3) is 4.73. The molecule has 0 bridgehead atoms. The number of nitrogens with zero attached hydrogens (tertiary/aromatic N) is 5. The number of ether oxygens (including phenoxy) is 2. The zero-order chi connectivity index (χ0) is 26.0. The van der Waals surface area contributed by atoms with Crippen molar-refractivity contribution in [2.24, 2.45) is 0 Å². The van der Waals surface area contributed by atoms with Gasteiger partial charge in [0.2, 0.25) is 0 Å². The second kappa shape index (κ2) is 10.3. The first-order chi connectivity index (χ1) is 19.3. The molecular formula is C31H28N6O2. The van der Waals surface area contributed by atoms with Crippen LogP contribution in [0.25, 0.3) is 21.9 Å². The fourth-order valence-corrected chi connectivity index (χ4v) is 5.21. The van der Waals surface area contributed by atoms with Crippen LogP contribution < -0.4 is 15.0 Å². The van der Waals surface area contributed by atoms with Gasteiger partial charge in [-0.05, 0) is 48.6 Å². The van der Waals surface area contributed by atoms with Crippen molar-refractivity contribution in [3.63, 3.8) is 0 Å². The van der Waals surface area contributed by atoms with Gasteiger partial charge in [0.05, 0.1) is 25.6 Å². The average molecular weight is 517 g/mol. The molecule has 3 aromatic carbocycles. The number of morpholine rings is 1. The number of hydrogen-bond acceptors (Lipinski definition) is 7. The van der Waals surface area contributed by atoms with Gasteiger partial charge in [-0.1, -0.05) is 42.3 Å². The fraction of sp³-hybridized carbons (Fsp3) is 0.258. The van der Waals surface area contributed by atoms with Crippen molar-refractivity contribution in [3.8, 4) is 23.6 Å². The number of rotatable bonds is 6.